The predicted octanol–water partition coefficient (Wildman–Crippen LogP) is 6.13. The average Bonchev–Trinajstić information content (AvgIpc) is 3.32. The number of ether oxygens (including phenoxy) is 2. The van der Waals surface area contributed by atoms with Crippen molar-refractivity contribution in [3.63, 3.8) is 0 Å². The van der Waals surface area contributed by atoms with Gasteiger partial charge in [0.2, 0.25) is 5.91 Å². The minimum absolute atomic E-state index is 0.0102. The molecule has 0 saturated heterocycles. The molecule has 0 bridgehead atoms. The van der Waals surface area contributed by atoms with Crippen LogP contribution in [-0.2, 0) is 17.8 Å². The molecule has 0 spiro atoms. The van der Waals surface area contributed by atoms with E-state index in [0.717, 1.165) is 22.2 Å². The van der Waals surface area contributed by atoms with E-state index in [4.69, 9.17) is 13.9 Å². The van der Waals surface area contributed by atoms with Gasteiger partial charge >= 0.3 is 0 Å². The van der Waals surface area contributed by atoms with Crippen LogP contribution in [0.25, 0.3) is 0 Å². The molecule has 0 aliphatic heterocycles. The second kappa shape index (κ2) is 14.0. The van der Waals surface area contributed by atoms with E-state index < -0.39 is 0 Å². The van der Waals surface area contributed by atoms with Crippen LogP contribution in [0.4, 0.5) is 0 Å². The zero-order valence-corrected chi connectivity index (χ0v) is 24.4. The summed E-state index contributed by atoms with van der Waals surface area (Å²) in [7, 11) is 3.20. The molecular formula is C30H37BrN2O5. The summed E-state index contributed by atoms with van der Waals surface area (Å²) < 4.78 is 17.4. The first-order chi connectivity index (χ1) is 18.2. The maximum Gasteiger partial charge on any atom is 0.254 e. The van der Waals surface area contributed by atoms with Crippen molar-refractivity contribution < 1.29 is 23.5 Å². The third-order valence-electron chi connectivity index (χ3n) is 6.28. The number of methoxy groups -OCH3 is 2. The molecule has 2 aromatic carbocycles. The largest absolute Gasteiger partial charge is 0.493 e. The van der Waals surface area contributed by atoms with E-state index in [1.54, 1.807) is 36.2 Å². The standard InChI is InChI=1S/C30H37BrN2O5/c1-21(2)13-15-33(30(35)24-7-6-8-25(31)18-24)20-29(34)32(19-26-11-9-22(3)38-26)16-14-23-10-12-27(36-4)28(17-23)37-5/h6-12,17-18,21H,13-16,19-20H2,1-5H3. The molecule has 38 heavy (non-hydrogen) atoms. The van der Waals surface area contributed by atoms with E-state index in [1.165, 1.54) is 0 Å². The lowest BCUT2D eigenvalue weighted by Crippen LogP contribution is -2.44. The number of furan rings is 1. The molecule has 1 heterocycles. The molecule has 3 rings (SSSR count). The van der Waals surface area contributed by atoms with Crippen LogP contribution in [-0.4, -0.2) is 55.5 Å². The molecule has 0 unspecified atom stereocenters. The number of aryl methyl sites for hydroxylation is 1. The SMILES string of the molecule is COc1ccc(CCN(Cc2ccc(C)o2)C(=O)CN(CCC(C)C)C(=O)c2cccc(Br)c2)cc1OC. The molecule has 2 amide bonds. The predicted molar refractivity (Wildman–Crippen MR) is 152 cm³/mol. The highest BCUT2D eigenvalue weighted by Crippen LogP contribution is 2.28. The molecule has 0 radical (unpaired) electrons. The quantitative estimate of drug-likeness (QED) is 0.242. The van der Waals surface area contributed by atoms with Crippen LogP contribution in [0.5, 0.6) is 11.5 Å². The molecule has 0 aliphatic rings. The molecule has 0 N–H and O–H groups in total. The Morgan fingerprint density at radius 2 is 1.71 bits per heavy atom. The van der Waals surface area contributed by atoms with Gasteiger partial charge in [0, 0.05) is 23.1 Å². The first kappa shape index (κ1) is 29.3. The Morgan fingerprint density at radius 1 is 0.947 bits per heavy atom. The molecule has 0 saturated carbocycles. The summed E-state index contributed by atoms with van der Waals surface area (Å²) in [5.41, 5.74) is 1.56. The Labute approximate surface area is 233 Å². The van der Waals surface area contributed by atoms with Crippen LogP contribution in [0.2, 0.25) is 0 Å². The fourth-order valence-corrected chi connectivity index (χ4v) is 4.48. The van der Waals surface area contributed by atoms with Crippen molar-refractivity contribution in [2.24, 2.45) is 5.92 Å². The van der Waals surface area contributed by atoms with Gasteiger partial charge in [-0.1, -0.05) is 41.9 Å². The molecule has 0 atom stereocenters. The van der Waals surface area contributed by atoms with Crippen molar-refractivity contribution in [1.82, 2.24) is 9.80 Å². The first-order valence-corrected chi connectivity index (χ1v) is 13.6. The molecule has 3 aromatic rings. The number of nitrogens with zero attached hydrogens (tertiary/aromatic N) is 2. The highest BCUT2D eigenvalue weighted by molar-refractivity contribution is 9.10. The lowest BCUT2D eigenvalue weighted by Gasteiger charge is -2.28. The lowest BCUT2D eigenvalue weighted by atomic mass is 10.1. The molecular weight excluding hydrogens is 548 g/mol. The normalized spacial score (nSPS) is 10.9. The van der Waals surface area contributed by atoms with E-state index in [1.807, 2.05) is 49.4 Å². The van der Waals surface area contributed by atoms with Gasteiger partial charge in [0.25, 0.3) is 5.91 Å². The van der Waals surface area contributed by atoms with E-state index in [-0.39, 0.29) is 18.4 Å². The third kappa shape index (κ3) is 8.38. The van der Waals surface area contributed by atoms with Crippen molar-refractivity contribution in [3.8, 4) is 11.5 Å². The number of hydrogen-bond acceptors (Lipinski definition) is 5. The Bertz CT molecular complexity index is 1220. The van der Waals surface area contributed by atoms with E-state index in [2.05, 4.69) is 29.8 Å². The summed E-state index contributed by atoms with van der Waals surface area (Å²) in [4.78, 5) is 30.5. The Morgan fingerprint density at radius 3 is 2.34 bits per heavy atom. The molecule has 1 aromatic heterocycles. The van der Waals surface area contributed by atoms with Crippen LogP contribution in [0.3, 0.4) is 0 Å². The molecule has 8 heteroatoms. The summed E-state index contributed by atoms with van der Waals surface area (Å²) in [6.07, 6.45) is 1.41. The Hall–Kier alpha value is -3.26. The van der Waals surface area contributed by atoms with Gasteiger partial charge in [0.05, 0.1) is 20.8 Å². The van der Waals surface area contributed by atoms with Crippen molar-refractivity contribution in [2.45, 2.75) is 40.2 Å². The number of carbonyl (C=O) groups is 2. The van der Waals surface area contributed by atoms with Gasteiger partial charge in [0.1, 0.15) is 18.1 Å². The fraction of sp³-hybridized carbons (Fsp3) is 0.400. The van der Waals surface area contributed by atoms with Crippen molar-refractivity contribution in [1.29, 1.82) is 0 Å². The van der Waals surface area contributed by atoms with Gasteiger partial charge < -0.3 is 23.7 Å². The van der Waals surface area contributed by atoms with Crippen LogP contribution in [0.15, 0.2) is 63.5 Å². The van der Waals surface area contributed by atoms with Crippen molar-refractivity contribution >= 4 is 27.7 Å². The Kier molecular flexibility index (Phi) is 10.8. The number of rotatable bonds is 13. The maximum absolute atomic E-state index is 13.7. The third-order valence-corrected chi connectivity index (χ3v) is 6.77. The second-order valence-corrected chi connectivity index (χ2v) is 10.6. The van der Waals surface area contributed by atoms with Crippen LogP contribution in [0.1, 0.15) is 47.7 Å². The van der Waals surface area contributed by atoms with E-state index in [9.17, 15) is 9.59 Å². The number of halogens is 1. The number of hydrogen-bond donors (Lipinski definition) is 0. The fourth-order valence-electron chi connectivity index (χ4n) is 4.08. The number of amides is 2. The zero-order valence-electron chi connectivity index (χ0n) is 22.8. The van der Waals surface area contributed by atoms with Crippen molar-refractivity contribution in [3.05, 3.63) is 81.7 Å². The van der Waals surface area contributed by atoms with Gasteiger partial charge in [-0.15, -0.1) is 0 Å². The average molecular weight is 586 g/mol. The minimum Gasteiger partial charge on any atom is -0.493 e. The topological polar surface area (TPSA) is 72.2 Å². The number of benzene rings is 2. The Balaban J connectivity index is 1.81. The van der Waals surface area contributed by atoms with Crippen LogP contribution in [0, 0.1) is 12.8 Å². The van der Waals surface area contributed by atoms with Gasteiger partial charge in [-0.2, -0.15) is 0 Å². The van der Waals surface area contributed by atoms with Gasteiger partial charge in [-0.05, 0) is 73.7 Å². The van der Waals surface area contributed by atoms with E-state index in [0.29, 0.717) is 54.8 Å². The van der Waals surface area contributed by atoms with E-state index >= 15 is 0 Å². The summed E-state index contributed by atoms with van der Waals surface area (Å²) in [6, 6.07) is 16.8. The highest BCUT2D eigenvalue weighted by Gasteiger charge is 2.24. The van der Waals surface area contributed by atoms with Crippen LogP contribution < -0.4 is 9.47 Å². The first-order valence-electron chi connectivity index (χ1n) is 12.8. The summed E-state index contributed by atoms with van der Waals surface area (Å²) in [6.45, 7) is 7.36. The highest BCUT2D eigenvalue weighted by atomic mass is 79.9. The second-order valence-electron chi connectivity index (χ2n) is 9.69. The molecule has 7 nitrogen and oxygen atoms in total. The monoisotopic (exact) mass is 584 g/mol. The van der Waals surface area contributed by atoms with Gasteiger partial charge in [-0.3, -0.25) is 9.59 Å². The summed E-state index contributed by atoms with van der Waals surface area (Å²) >= 11 is 3.44. The zero-order chi connectivity index (χ0) is 27.7. The lowest BCUT2D eigenvalue weighted by molar-refractivity contribution is -0.132. The summed E-state index contributed by atoms with van der Waals surface area (Å²) in [5.74, 6) is 2.90. The molecule has 0 fully saturated rings. The van der Waals surface area contributed by atoms with Gasteiger partial charge in [-0.25, -0.2) is 0 Å². The maximum atomic E-state index is 13.7. The minimum atomic E-state index is -0.158. The van der Waals surface area contributed by atoms with Gasteiger partial charge in [0.15, 0.2) is 11.5 Å². The number of carbonyl (C=O) groups excluding carboxylic acids is 2. The van der Waals surface area contributed by atoms with Crippen LogP contribution >= 0.6 is 15.9 Å². The molecule has 204 valence electrons. The smallest absolute Gasteiger partial charge is 0.254 e. The summed E-state index contributed by atoms with van der Waals surface area (Å²) in [5, 5.41) is 0. The molecule has 0 aliphatic carbocycles. The van der Waals surface area contributed by atoms with Crippen molar-refractivity contribution in [2.75, 3.05) is 33.9 Å².